The van der Waals surface area contributed by atoms with Crippen LogP contribution < -0.4 is 0 Å². The van der Waals surface area contributed by atoms with E-state index in [-0.39, 0.29) is 30.6 Å². The zero-order valence-corrected chi connectivity index (χ0v) is 16.3. The second-order valence-corrected chi connectivity index (χ2v) is 6.43. The van der Waals surface area contributed by atoms with Crippen molar-refractivity contribution in [3.05, 3.63) is 57.7 Å². The van der Waals surface area contributed by atoms with Crippen molar-refractivity contribution >= 4 is 23.6 Å². The highest BCUT2D eigenvalue weighted by atomic mass is 19.4. The van der Waals surface area contributed by atoms with Crippen molar-refractivity contribution in [3.8, 4) is 6.07 Å². The number of allylic oxidation sites excluding steroid dienone is 5. The Balaban J connectivity index is 2.67. The average molecular weight is 518 g/mol. The lowest BCUT2D eigenvalue weighted by molar-refractivity contribution is -0.143. The second-order valence-electron chi connectivity index (χ2n) is 6.43. The molecule has 0 aliphatic heterocycles. The van der Waals surface area contributed by atoms with E-state index in [1.54, 1.807) is 0 Å². The predicted octanol–water partition coefficient (Wildman–Crippen LogP) is 6.86. The first-order valence-corrected chi connectivity index (χ1v) is 8.51. The van der Waals surface area contributed by atoms with E-state index in [4.69, 9.17) is 10.7 Å². The van der Waals surface area contributed by atoms with Crippen molar-refractivity contribution in [2.75, 3.05) is 0 Å². The minimum absolute atomic E-state index is 0.0230. The monoisotopic (exact) mass is 518 g/mol. The zero-order valence-electron chi connectivity index (χ0n) is 16.3. The van der Waals surface area contributed by atoms with Crippen LogP contribution in [0, 0.1) is 16.7 Å². The number of rotatable bonds is 2. The molecule has 1 aliphatic carbocycles. The van der Waals surface area contributed by atoms with Gasteiger partial charge in [0.25, 0.3) is 0 Å². The summed E-state index contributed by atoms with van der Waals surface area (Å²) in [7, 11) is 0. The Hall–Kier alpha value is -3.86. The second kappa shape index (κ2) is 9.06. The van der Waals surface area contributed by atoms with Crippen molar-refractivity contribution in [2.24, 2.45) is 9.98 Å². The zero-order chi connectivity index (χ0) is 27.0. The summed E-state index contributed by atoms with van der Waals surface area (Å²) < 4.78 is 158. The number of hydrogen-bond acceptors (Lipinski definition) is 3. The van der Waals surface area contributed by atoms with Crippen LogP contribution >= 0.6 is 0 Å². The molecule has 0 aromatic heterocycles. The molecule has 0 unspecified atom stereocenters. The van der Waals surface area contributed by atoms with Gasteiger partial charge in [0.2, 0.25) is 0 Å². The van der Waals surface area contributed by atoms with Crippen LogP contribution in [0.4, 0.5) is 58.4 Å². The van der Waals surface area contributed by atoms with Gasteiger partial charge in [-0.05, 0) is 30.2 Å². The molecular formula is C19H6F12N4. The highest BCUT2D eigenvalue weighted by molar-refractivity contribution is 6.11. The number of halogens is 12. The fourth-order valence-electron chi connectivity index (χ4n) is 2.71. The van der Waals surface area contributed by atoms with E-state index < -0.39 is 69.5 Å². The van der Waals surface area contributed by atoms with Crippen LogP contribution in [0.15, 0.2) is 51.0 Å². The minimum atomic E-state index is -5.43. The van der Waals surface area contributed by atoms with Crippen LogP contribution in [0.25, 0.3) is 0 Å². The highest BCUT2D eigenvalue weighted by Gasteiger charge is 2.46. The van der Waals surface area contributed by atoms with Gasteiger partial charge in [0.1, 0.15) is 12.4 Å². The quantitative estimate of drug-likeness (QED) is 0.259. The molecule has 0 atom stereocenters. The molecule has 0 bridgehead atoms. The molecule has 0 saturated heterocycles. The minimum Gasteiger partial charge on any atom is -0.258 e. The molecule has 35 heavy (non-hydrogen) atoms. The number of nitrogens with one attached hydrogen (secondary N) is 1. The van der Waals surface area contributed by atoms with Crippen LogP contribution in [0.3, 0.4) is 0 Å². The number of aliphatic imine (C=N–C) groups is 2. The molecule has 1 N–H and O–H groups in total. The summed E-state index contributed by atoms with van der Waals surface area (Å²) in [5, 5.41) is 15.5. The van der Waals surface area contributed by atoms with Gasteiger partial charge < -0.3 is 0 Å². The number of benzene rings is 1. The summed E-state index contributed by atoms with van der Waals surface area (Å²) in [5.41, 5.74) is -13.6. The summed E-state index contributed by atoms with van der Waals surface area (Å²) in [6, 6.07) is 0.834. The van der Waals surface area contributed by atoms with Crippen molar-refractivity contribution in [1.29, 1.82) is 10.7 Å². The Morgan fingerprint density at radius 3 is 1.49 bits per heavy atom. The van der Waals surface area contributed by atoms with E-state index in [1.165, 1.54) is 0 Å². The van der Waals surface area contributed by atoms with E-state index in [1.807, 2.05) is 0 Å². The van der Waals surface area contributed by atoms with Gasteiger partial charge in [0.05, 0.1) is 44.8 Å². The molecule has 1 aliphatic rings. The van der Waals surface area contributed by atoms with Gasteiger partial charge in [0, 0.05) is 0 Å². The maximum absolute atomic E-state index is 13.1. The highest BCUT2D eigenvalue weighted by Crippen LogP contribution is 2.43. The van der Waals surface area contributed by atoms with Gasteiger partial charge in [-0.25, -0.2) is 9.98 Å². The molecule has 0 saturated carbocycles. The molecule has 0 radical (unpaired) electrons. The molecule has 0 fully saturated rings. The van der Waals surface area contributed by atoms with Gasteiger partial charge >= 0.3 is 24.7 Å². The number of nitriles is 1. The maximum Gasteiger partial charge on any atom is 0.417 e. The van der Waals surface area contributed by atoms with Crippen molar-refractivity contribution in [2.45, 2.75) is 24.7 Å². The van der Waals surface area contributed by atoms with E-state index in [0.29, 0.717) is 0 Å². The Labute approximate surface area is 186 Å². The molecule has 2 rings (SSSR count). The third-order valence-electron chi connectivity index (χ3n) is 4.12. The fraction of sp³-hybridized carbons (Fsp3) is 0.211. The fourth-order valence-corrected chi connectivity index (χ4v) is 2.71. The summed E-state index contributed by atoms with van der Waals surface area (Å²) in [6.07, 6.45) is -21.4. The van der Waals surface area contributed by atoms with Gasteiger partial charge in [-0.1, -0.05) is 0 Å². The van der Waals surface area contributed by atoms with Gasteiger partial charge in [-0.3, -0.25) is 5.41 Å². The number of alkyl halides is 12. The van der Waals surface area contributed by atoms with E-state index in [0.717, 1.165) is 11.9 Å². The third-order valence-corrected chi connectivity index (χ3v) is 4.12. The average Bonchev–Trinajstić information content (AvgIpc) is 2.69. The molecule has 0 amide bonds. The van der Waals surface area contributed by atoms with E-state index in [9.17, 15) is 52.7 Å². The molecule has 186 valence electrons. The molecule has 16 heteroatoms. The van der Waals surface area contributed by atoms with Gasteiger partial charge in [-0.2, -0.15) is 57.9 Å². The first kappa shape index (κ1) is 27.4. The van der Waals surface area contributed by atoms with Crippen molar-refractivity contribution in [1.82, 2.24) is 0 Å². The first-order valence-electron chi connectivity index (χ1n) is 8.51. The Morgan fingerprint density at radius 2 is 1.17 bits per heavy atom. The topological polar surface area (TPSA) is 72.4 Å². The van der Waals surface area contributed by atoms with Gasteiger partial charge in [0.15, 0.2) is 0 Å². The SMILES string of the molecule is N#Cc1c(C(F)(F)F)cc(N=CN=C2C=C(C(F)(F)F)C(=C=N)C(C(F)(F)F)=C2)cc1C(F)(F)F. The van der Waals surface area contributed by atoms with E-state index in [2.05, 4.69) is 9.98 Å². The van der Waals surface area contributed by atoms with Crippen LogP contribution in [-0.4, -0.2) is 30.3 Å². The molecule has 1 aromatic rings. The van der Waals surface area contributed by atoms with Crippen molar-refractivity contribution in [3.63, 3.8) is 0 Å². The smallest absolute Gasteiger partial charge is 0.258 e. The molecular weight excluding hydrogens is 512 g/mol. The summed E-state index contributed by atoms with van der Waals surface area (Å²) >= 11 is 0. The molecule has 4 nitrogen and oxygen atoms in total. The van der Waals surface area contributed by atoms with Gasteiger partial charge in [-0.15, -0.1) is 0 Å². The molecule has 0 spiro atoms. The normalized spacial score (nSPS) is 15.5. The summed E-state index contributed by atoms with van der Waals surface area (Å²) in [5.74, 6) is 1.03. The first-order chi connectivity index (χ1) is 15.8. The molecule has 0 heterocycles. The van der Waals surface area contributed by atoms with E-state index >= 15 is 0 Å². The predicted molar refractivity (Wildman–Crippen MR) is 96.3 cm³/mol. The Morgan fingerprint density at radius 1 is 0.743 bits per heavy atom. The lowest BCUT2D eigenvalue weighted by Gasteiger charge is -2.21. The number of hydrogen-bond donors (Lipinski definition) is 1. The summed E-state index contributed by atoms with van der Waals surface area (Å²) in [4.78, 5) is 6.28. The Kier molecular flexibility index (Phi) is 7.09. The lowest BCUT2D eigenvalue weighted by Crippen LogP contribution is -2.26. The number of nitrogens with zero attached hydrogens (tertiary/aromatic N) is 3. The largest absolute Gasteiger partial charge is 0.417 e. The summed E-state index contributed by atoms with van der Waals surface area (Å²) in [6.45, 7) is 0. The standard InChI is InChI=1S/C19H6F12N4/c20-16(21,22)12-1-8(2-13(10(12)5-32)17(23,24)25)34-7-35-9-3-14(18(26,27)28)11(6-33)15(4-9)19(29,30)31/h1-4,7,32H. The van der Waals surface area contributed by atoms with Crippen LogP contribution in [0.1, 0.15) is 16.7 Å². The Bertz CT molecular complexity index is 1170. The van der Waals surface area contributed by atoms with Crippen LogP contribution in [-0.2, 0) is 12.4 Å². The van der Waals surface area contributed by atoms with Crippen LogP contribution in [0.5, 0.6) is 0 Å². The maximum atomic E-state index is 13.1. The van der Waals surface area contributed by atoms with Crippen LogP contribution in [0.2, 0.25) is 0 Å². The molecule has 1 aromatic carbocycles. The lowest BCUT2D eigenvalue weighted by atomic mass is 9.91. The van der Waals surface area contributed by atoms with Crippen molar-refractivity contribution < 1.29 is 52.7 Å². The third kappa shape index (κ3) is 6.18.